The highest BCUT2D eigenvalue weighted by Crippen LogP contribution is 2.37. The average Bonchev–Trinajstić information content (AvgIpc) is 3.03. The Balaban J connectivity index is 1.88. The van der Waals surface area contributed by atoms with Gasteiger partial charge in [-0.05, 0) is 32.2 Å². The number of rotatable bonds is 4. The molecule has 3 rings (SSSR count). The average molecular weight is 279 g/mol. The zero-order chi connectivity index (χ0) is 12.4. The zero-order valence-electron chi connectivity index (χ0n) is 10.5. The summed E-state index contributed by atoms with van der Waals surface area (Å²) < 4.78 is 0. The minimum Gasteiger partial charge on any atom is -0.309 e. The van der Waals surface area contributed by atoms with Gasteiger partial charge in [0.1, 0.15) is 5.01 Å². The van der Waals surface area contributed by atoms with Crippen molar-refractivity contribution in [2.75, 3.05) is 6.54 Å². The van der Waals surface area contributed by atoms with Gasteiger partial charge in [0.05, 0.1) is 22.1 Å². The van der Waals surface area contributed by atoms with Crippen LogP contribution in [0.2, 0.25) is 0 Å². The van der Waals surface area contributed by atoms with E-state index in [1.807, 2.05) is 23.0 Å². The van der Waals surface area contributed by atoms with E-state index in [4.69, 9.17) is 4.98 Å². The number of thiazole rings is 2. The van der Waals surface area contributed by atoms with Gasteiger partial charge in [0.2, 0.25) is 0 Å². The van der Waals surface area contributed by atoms with E-state index in [9.17, 15) is 0 Å². The molecule has 0 spiro atoms. The van der Waals surface area contributed by atoms with Crippen molar-refractivity contribution in [3.63, 3.8) is 0 Å². The maximum absolute atomic E-state index is 4.85. The molecule has 1 aliphatic rings. The van der Waals surface area contributed by atoms with Gasteiger partial charge in [-0.2, -0.15) is 0 Å². The van der Waals surface area contributed by atoms with Crippen LogP contribution >= 0.6 is 22.7 Å². The highest BCUT2D eigenvalue weighted by atomic mass is 32.1. The molecule has 0 fully saturated rings. The summed E-state index contributed by atoms with van der Waals surface area (Å²) in [5.41, 5.74) is 3.17. The van der Waals surface area contributed by atoms with Gasteiger partial charge in [-0.25, -0.2) is 4.98 Å². The minimum absolute atomic E-state index is 0.464. The molecule has 1 atom stereocenters. The van der Waals surface area contributed by atoms with Crippen LogP contribution in [-0.4, -0.2) is 16.5 Å². The number of hydrogen-bond acceptors (Lipinski definition) is 5. The molecular weight excluding hydrogens is 262 g/mol. The predicted molar refractivity (Wildman–Crippen MR) is 77.2 cm³/mol. The smallest absolute Gasteiger partial charge is 0.135 e. The van der Waals surface area contributed by atoms with Crippen molar-refractivity contribution < 1.29 is 0 Å². The molecule has 0 bridgehead atoms. The third-order valence-electron chi connectivity index (χ3n) is 3.24. The number of nitrogens with one attached hydrogen (secondary N) is 1. The Bertz CT molecular complexity index is 504. The summed E-state index contributed by atoms with van der Waals surface area (Å²) in [6, 6.07) is 0.464. The fourth-order valence-corrected chi connectivity index (χ4v) is 4.20. The van der Waals surface area contributed by atoms with Gasteiger partial charge in [-0.3, -0.25) is 4.98 Å². The summed E-state index contributed by atoms with van der Waals surface area (Å²) in [6.45, 7) is 3.29. The fraction of sp³-hybridized carbons (Fsp3) is 0.538. The topological polar surface area (TPSA) is 37.8 Å². The predicted octanol–water partition coefficient (Wildman–Crippen LogP) is 3.64. The van der Waals surface area contributed by atoms with E-state index in [1.54, 1.807) is 11.3 Å². The molecule has 5 heteroatoms. The maximum Gasteiger partial charge on any atom is 0.135 e. The molecule has 0 saturated carbocycles. The molecule has 2 aromatic heterocycles. The van der Waals surface area contributed by atoms with E-state index < -0.39 is 0 Å². The summed E-state index contributed by atoms with van der Waals surface area (Å²) >= 11 is 3.52. The van der Waals surface area contributed by atoms with Gasteiger partial charge in [0, 0.05) is 11.1 Å². The molecule has 3 nitrogen and oxygen atoms in total. The molecule has 96 valence electrons. The van der Waals surface area contributed by atoms with Crippen molar-refractivity contribution in [2.45, 2.75) is 38.6 Å². The lowest BCUT2D eigenvalue weighted by Crippen LogP contribution is -2.25. The van der Waals surface area contributed by atoms with Crippen molar-refractivity contribution in [3.05, 3.63) is 22.3 Å². The van der Waals surface area contributed by atoms with Crippen LogP contribution in [0.25, 0.3) is 9.88 Å². The van der Waals surface area contributed by atoms with Crippen LogP contribution in [-0.2, 0) is 6.42 Å². The van der Waals surface area contributed by atoms with Gasteiger partial charge in [0.25, 0.3) is 0 Å². The lowest BCUT2D eigenvalue weighted by molar-refractivity contribution is 0.454. The fourth-order valence-electron chi connectivity index (χ4n) is 2.36. The standard InChI is InChI=1S/C13H17N3S2/c1-2-6-15-9-4-3-5-10-12(9)16-13(18-10)11-7-14-8-17-11/h7-9,15H,2-6H2,1H3. The Morgan fingerprint density at radius 3 is 3.22 bits per heavy atom. The first-order valence-corrected chi connectivity index (χ1v) is 8.20. The van der Waals surface area contributed by atoms with E-state index in [1.165, 1.54) is 41.1 Å². The Kier molecular flexibility index (Phi) is 3.72. The summed E-state index contributed by atoms with van der Waals surface area (Å²) in [5, 5.41) is 4.76. The molecule has 18 heavy (non-hydrogen) atoms. The summed E-state index contributed by atoms with van der Waals surface area (Å²) in [6.07, 6.45) is 6.79. The Labute approximate surface area is 115 Å². The second-order valence-corrected chi connectivity index (χ2v) is 6.56. The highest BCUT2D eigenvalue weighted by Gasteiger charge is 2.24. The molecule has 2 heterocycles. The van der Waals surface area contributed by atoms with Crippen molar-refractivity contribution >= 4 is 22.7 Å². The minimum atomic E-state index is 0.464. The van der Waals surface area contributed by atoms with Crippen molar-refractivity contribution in [2.24, 2.45) is 0 Å². The van der Waals surface area contributed by atoms with E-state index >= 15 is 0 Å². The summed E-state index contributed by atoms with van der Waals surface area (Å²) in [7, 11) is 0. The molecule has 0 saturated heterocycles. The van der Waals surface area contributed by atoms with Gasteiger partial charge in [0.15, 0.2) is 0 Å². The molecule has 0 aliphatic heterocycles. The lowest BCUT2D eigenvalue weighted by Gasteiger charge is -2.22. The van der Waals surface area contributed by atoms with Crippen LogP contribution in [0.5, 0.6) is 0 Å². The zero-order valence-corrected chi connectivity index (χ0v) is 12.1. The second kappa shape index (κ2) is 5.47. The lowest BCUT2D eigenvalue weighted by atomic mass is 9.97. The third-order valence-corrected chi connectivity index (χ3v) is 5.31. The molecule has 1 N–H and O–H groups in total. The van der Waals surface area contributed by atoms with E-state index in [2.05, 4.69) is 17.2 Å². The highest BCUT2D eigenvalue weighted by molar-refractivity contribution is 7.20. The Morgan fingerprint density at radius 2 is 2.44 bits per heavy atom. The normalized spacial score (nSPS) is 18.8. The number of nitrogens with zero attached hydrogens (tertiary/aromatic N) is 2. The largest absolute Gasteiger partial charge is 0.309 e. The van der Waals surface area contributed by atoms with E-state index in [0.29, 0.717) is 6.04 Å². The van der Waals surface area contributed by atoms with Gasteiger partial charge < -0.3 is 5.32 Å². The van der Waals surface area contributed by atoms with Crippen LogP contribution in [0.3, 0.4) is 0 Å². The number of aromatic nitrogens is 2. The molecule has 1 unspecified atom stereocenters. The third kappa shape index (κ3) is 2.35. The molecular formula is C13H17N3S2. The van der Waals surface area contributed by atoms with Crippen LogP contribution in [0.1, 0.15) is 42.8 Å². The Hall–Kier alpha value is -0.780. The van der Waals surface area contributed by atoms with Gasteiger partial charge in [-0.1, -0.05) is 6.92 Å². The van der Waals surface area contributed by atoms with Crippen molar-refractivity contribution in [1.29, 1.82) is 0 Å². The number of hydrogen-bond donors (Lipinski definition) is 1. The molecule has 0 aromatic carbocycles. The Morgan fingerprint density at radius 1 is 1.50 bits per heavy atom. The molecule has 2 aromatic rings. The molecule has 0 amide bonds. The quantitative estimate of drug-likeness (QED) is 0.928. The number of aryl methyl sites for hydroxylation is 1. The monoisotopic (exact) mass is 279 g/mol. The van der Waals surface area contributed by atoms with Crippen LogP contribution in [0.15, 0.2) is 11.7 Å². The van der Waals surface area contributed by atoms with Crippen LogP contribution in [0.4, 0.5) is 0 Å². The first-order chi connectivity index (χ1) is 8.88. The SMILES string of the molecule is CCCNC1CCCc2sc(-c3cncs3)nc21. The first kappa shape index (κ1) is 12.3. The second-order valence-electron chi connectivity index (χ2n) is 4.59. The van der Waals surface area contributed by atoms with Gasteiger partial charge >= 0.3 is 0 Å². The van der Waals surface area contributed by atoms with Crippen LogP contribution < -0.4 is 5.32 Å². The van der Waals surface area contributed by atoms with Crippen LogP contribution in [0, 0.1) is 0 Å². The van der Waals surface area contributed by atoms with E-state index in [0.717, 1.165) is 11.6 Å². The van der Waals surface area contributed by atoms with Crippen molar-refractivity contribution in [3.8, 4) is 9.88 Å². The van der Waals surface area contributed by atoms with Crippen molar-refractivity contribution in [1.82, 2.24) is 15.3 Å². The summed E-state index contributed by atoms with van der Waals surface area (Å²) in [4.78, 5) is 11.7. The number of fused-ring (bicyclic) bond motifs is 1. The summed E-state index contributed by atoms with van der Waals surface area (Å²) in [5.74, 6) is 0. The van der Waals surface area contributed by atoms with Gasteiger partial charge in [-0.15, -0.1) is 22.7 Å². The molecule has 0 radical (unpaired) electrons. The van der Waals surface area contributed by atoms with E-state index in [-0.39, 0.29) is 0 Å². The molecule has 1 aliphatic carbocycles. The first-order valence-electron chi connectivity index (χ1n) is 6.50. The maximum atomic E-state index is 4.85.